The Kier molecular flexibility index (Phi) is 3.89. The van der Waals surface area contributed by atoms with E-state index in [9.17, 15) is 4.79 Å². The number of carbonyl (C=O) groups excluding carboxylic acids is 1. The van der Waals surface area contributed by atoms with Gasteiger partial charge in [0.25, 0.3) is 4.82 Å². The third-order valence-corrected chi connectivity index (χ3v) is 3.47. The molecule has 1 heterocycles. The van der Waals surface area contributed by atoms with Crippen LogP contribution in [0, 0.1) is 0 Å². The van der Waals surface area contributed by atoms with Gasteiger partial charge in [-0.2, -0.15) is 0 Å². The van der Waals surface area contributed by atoms with Crippen LogP contribution in [-0.4, -0.2) is 43.0 Å². The average molecular weight is 299 g/mol. The summed E-state index contributed by atoms with van der Waals surface area (Å²) in [4.78, 5) is 15.2. The van der Waals surface area contributed by atoms with Gasteiger partial charge in [-0.25, -0.2) is 0 Å². The van der Waals surface area contributed by atoms with Crippen LogP contribution in [0.5, 0.6) is 5.75 Å². The van der Waals surface area contributed by atoms with E-state index in [-0.39, 0.29) is 4.82 Å². The van der Waals surface area contributed by atoms with Gasteiger partial charge in [0.05, 0.1) is 7.11 Å². The minimum absolute atomic E-state index is 0.0214. The molecule has 0 saturated carbocycles. The van der Waals surface area contributed by atoms with Gasteiger partial charge in [-0.05, 0) is 24.3 Å². The van der Waals surface area contributed by atoms with Crippen molar-refractivity contribution in [1.82, 2.24) is 4.90 Å². The summed E-state index contributed by atoms with van der Waals surface area (Å²) in [5.74, 6) is 0.864. The summed E-state index contributed by atoms with van der Waals surface area (Å²) in [6, 6.07) is 8.00. The second kappa shape index (κ2) is 5.40. The Labute approximate surface area is 109 Å². The average Bonchev–Trinajstić information content (AvgIpc) is 2.39. The van der Waals surface area contributed by atoms with Crippen LogP contribution in [0.3, 0.4) is 0 Å². The highest BCUT2D eigenvalue weighted by atomic mass is 79.9. The normalized spacial score (nSPS) is 15.9. The molecule has 2 rings (SSSR count). The maximum Gasteiger partial charge on any atom is 0.289 e. The minimum atomic E-state index is -0.0214. The van der Waals surface area contributed by atoms with Gasteiger partial charge in [0.15, 0.2) is 0 Å². The van der Waals surface area contributed by atoms with Crippen LogP contribution < -0.4 is 9.64 Å². The maximum absolute atomic E-state index is 11.1. The SMILES string of the molecule is COc1ccc(N2CCN(C(=O)Br)CC2)cc1. The predicted molar refractivity (Wildman–Crippen MR) is 71.1 cm³/mol. The number of benzene rings is 1. The van der Waals surface area contributed by atoms with E-state index in [1.165, 1.54) is 5.69 Å². The number of halogens is 1. The lowest BCUT2D eigenvalue weighted by atomic mass is 10.2. The topological polar surface area (TPSA) is 32.8 Å². The predicted octanol–water partition coefficient (Wildman–Crippen LogP) is 2.33. The summed E-state index contributed by atoms with van der Waals surface area (Å²) in [5, 5.41) is 0. The Morgan fingerprint density at radius 3 is 2.24 bits per heavy atom. The molecule has 1 aliphatic rings. The Balaban J connectivity index is 1.97. The highest BCUT2D eigenvalue weighted by Gasteiger charge is 2.19. The summed E-state index contributed by atoms with van der Waals surface area (Å²) < 4.78 is 5.13. The quantitative estimate of drug-likeness (QED) is 0.621. The van der Waals surface area contributed by atoms with Gasteiger partial charge < -0.3 is 14.5 Å². The standard InChI is InChI=1S/C12H15BrN2O2/c1-17-11-4-2-10(3-5-11)14-6-8-15(9-7-14)12(13)16/h2-5H,6-9H2,1H3. The number of anilines is 1. The first-order chi connectivity index (χ1) is 8.20. The van der Waals surface area contributed by atoms with Crippen LogP contribution in [0.1, 0.15) is 0 Å². The highest BCUT2D eigenvalue weighted by molar-refractivity contribution is 9.18. The number of amides is 1. The highest BCUT2D eigenvalue weighted by Crippen LogP contribution is 2.20. The van der Waals surface area contributed by atoms with Crippen LogP contribution in [0.2, 0.25) is 0 Å². The zero-order valence-electron chi connectivity index (χ0n) is 9.73. The van der Waals surface area contributed by atoms with Crippen LogP contribution in [0.15, 0.2) is 24.3 Å². The van der Waals surface area contributed by atoms with Gasteiger partial charge in [0.1, 0.15) is 5.75 Å². The van der Waals surface area contributed by atoms with Gasteiger partial charge >= 0.3 is 0 Å². The number of hydrogen-bond donors (Lipinski definition) is 0. The van der Waals surface area contributed by atoms with Crippen LogP contribution in [-0.2, 0) is 0 Å². The van der Waals surface area contributed by atoms with Gasteiger partial charge in [-0.1, -0.05) is 0 Å². The van der Waals surface area contributed by atoms with Crippen LogP contribution in [0.25, 0.3) is 0 Å². The Morgan fingerprint density at radius 2 is 1.76 bits per heavy atom. The molecule has 4 nitrogen and oxygen atoms in total. The molecule has 0 aliphatic carbocycles. The van der Waals surface area contributed by atoms with Gasteiger partial charge in [0.2, 0.25) is 0 Å². The molecule has 17 heavy (non-hydrogen) atoms. The molecule has 1 saturated heterocycles. The van der Waals surface area contributed by atoms with Crippen molar-refractivity contribution in [2.75, 3.05) is 38.2 Å². The van der Waals surface area contributed by atoms with Crippen molar-refractivity contribution in [1.29, 1.82) is 0 Å². The molecular formula is C12H15BrN2O2. The van der Waals surface area contributed by atoms with Crippen molar-refractivity contribution >= 4 is 26.4 Å². The van der Waals surface area contributed by atoms with E-state index in [1.807, 2.05) is 24.3 Å². The van der Waals surface area contributed by atoms with E-state index in [4.69, 9.17) is 4.74 Å². The molecule has 0 bridgehead atoms. The molecule has 1 aliphatic heterocycles. The summed E-state index contributed by atoms with van der Waals surface area (Å²) in [7, 11) is 1.66. The third-order valence-electron chi connectivity index (χ3n) is 2.97. The molecule has 0 unspecified atom stereocenters. The lowest BCUT2D eigenvalue weighted by Gasteiger charge is -2.35. The molecule has 0 spiro atoms. The lowest BCUT2D eigenvalue weighted by molar-refractivity contribution is 0.221. The molecule has 1 fully saturated rings. The number of carbonyl (C=O) groups is 1. The number of rotatable bonds is 2. The zero-order valence-corrected chi connectivity index (χ0v) is 11.3. The first kappa shape index (κ1) is 12.2. The number of piperazine rings is 1. The molecular weight excluding hydrogens is 284 g/mol. The number of nitrogens with zero attached hydrogens (tertiary/aromatic N) is 2. The van der Waals surface area contributed by atoms with E-state index in [0.29, 0.717) is 0 Å². The molecule has 0 N–H and O–H groups in total. The second-order valence-corrected chi connectivity index (χ2v) is 4.60. The minimum Gasteiger partial charge on any atom is -0.497 e. The smallest absolute Gasteiger partial charge is 0.289 e. The van der Waals surface area contributed by atoms with Crippen LogP contribution >= 0.6 is 15.9 Å². The van der Waals surface area contributed by atoms with E-state index < -0.39 is 0 Å². The molecule has 1 aromatic carbocycles. The molecule has 0 atom stereocenters. The zero-order chi connectivity index (χ0) is 12.3. The van der Waals surface area contributed by atoms with Gasteiger partial charge in [-0.15, -0.1) is 0 Å². The first-order valence-electron chi connectivity index (χ1n) is 5.54. The molecule has 92 valence electrons. The summed E-state index contributed by atoms with van der Waals surface area (Å²) >= 11 is 2.98. The molecule has 0 aromatic heterocycles. The van der Waals surface area contributed by atoms with Crippen molar-refractivity contribution in [3.05, 3.63) is 24.3 Å². The van der Waals surface area contributed by atoms with Crippen molar-refractivity contribution in [2.24, 2.45) is 0 Å². The molecule has 1 aromatic rings. The Bertz CT molecular complexity index is 386. The van der Waals surface area contributed by atoms with E-state index in [1.54, 1.807) is 12.0 Å². The van der Waals surface area contributed by atoms with E-state index in [2.05, 4.69) is 20.8 Å². The third kappa shape index (κ3) is 2.91. The fraction of sp³-hybridized carbons (Fsp3) is 0.417. The monoisotopic (exact) mass is 298 g/mol. The van der Waals surface area contributed by atoms with Crippen molar-refractivity contribution < 1.29 is 9.53 Å². The number of ether oxygens (including phenoxy) is 1. The molecule has 0 radical (unpaired) electrons. The fourth-order valence-electron chi connectivity index (χ4n) is 1.93. The van der Waals surface area contributed by atoms with E-state index in [0.717, 1.165) is 31.9 Å². The largest absolute Gasteiger partial charge is 0.497 e. The van der Waals surface area contributed by atoms with E-state index >= 15 is 0 Å². The molecule has 1 amide bonds. The van der Waals surface area contributed by atoms with Gasteiger partial charge in [-0.3, -0.25) is 4.79 Å². The lowest BCUT2D eigenvalue weighted by Crippen LogP contribution is -2.47. The number of hydrogen-bond acceptors (Lipinski definition) is 3. The van der Waals surface area contributed by atoms with Crippen LogP contribution in [0.4, 0.5) is 10.5 Å². The Hall–Kier alpha value is -1.23. The fourth-order valence-corrected chi connectivity index (χ4v) is 2.29. The van der Waals surface area contributed by atoms with Gasteiger partial charge in [0, 0.05) is 47.8 Å². The van der Waals surface area contributed by atoms with Crippen molar-refractivity contribution in [2.45, 2.75) is 0 Å². The summed E-state index contributed by atoms with van der Waals surface area (Å²) in [6.07, 6.45) is 0. The summed E-state index contributed by atoms with van der Waals surface area (Å²) in [5.41, 5.74) is 1.17. The number of methoxy groups -OCH3 is 1. The Morgan fingerprint density at radius 1 is 1.18 bits per heavy atom. The first-order valence-corrected chi connectivity index (χ1v) is 6.33. The van der Waals surface area contributed by atoms with Crippen molar-refractivity contribution in [3.8, 4) is 5.75 Å². The molecule has 5 heteroatoms. The van der Waals surface area contributed by atoms with Crippen molar-refractivity contribution in [3.63, 3.8) is 0 Å². The second-order valence-electron chi connectivity index (χ2n) is 3.93. The summed E-state index contributed by atoms with van der Waals surface area (Å²) in [6.45, 7) is 3.25. The maximum atomic E-state index is 11.1.